The summed E-state index contributed by atoms with van der Waals surface area (Å²) >= 11 is 0. The number of likely N-dealkylation sites (tertiary alicyclic amines) is 1. The summed E-state index contributed by atoms with van der Waals surface area (Å²) in [6, 6.07) is 0. The summed E-state index contributed by atoms with van der Waals surface area (Å²) < 4.78 is 5.58. The Kier molecular flexibility index (Phi) is 3.26. The number of carbonyl (C=O) groups excluding carboxylic acids is 1. The zero-order chi connectivity index (χ0) is 10.8. The van der Waals surface area contributed by atoms with Crippen LogP contribution in [0.2, 0.25) is 0 Å². The summed E-state index contributed by atoms with van der Waals surface area (Å²) in [5.74, 6) is 0.670. The second kappa shape index (κ2) is 4.49. The lowest BCUT2D eigenvalue weighted by molar-refractivity contribution is -0.141. The molecular formula is C11H20N2O2. The van der Waals surface area contributed by atoms with Crippen molar-refractivity contribution in [2.24, 2.45) is 11.7 Å². The molecule has 2 N–H and O–H groups in total. The van der Waals surface area contributed by atoms with Crippen LogP contribution >= 0.6 is 0 Å². The van der Waals surface area contributed by atoms with Gasteiger partial charge in [0.2, 0.25) is 0 Å². The van der Waals surface area contributed by atoms with Crippen LogP contribution in [0.5, 0.6) is 0 Å². The van der Waals surface area contributed by atoms with Gasteiger partial charge < -0.3 is 15.4 Å². The van der Waals surface area contributed by atoms with E-state index >= 15 is 0 Å². The molecule has 4 heteroatoms. The van der Waals surface area contributed by atoms with Crippen LogP contribution in [0.15, 0.2) is 0 Å². The smallest absolute Gasteiger partial charge is 0.251 e. The van der Waals surface area contributed by atoms with Gasteiger partial charge in [0.25, 0.3) is 5.91 Å². The summed E-state index contributed by atoms with van der Waals surface area (Å²) in [5, 5.41) is 0. The Bertz CT molecular complexity index is 245. The van der Waals surface area contributed by atoms with Gasteiger partial charge >= 0.3 is 0 Å². The Balaban J connectivity index is 1.86. The van der Waals surface area contributed by atoms with E-state index in [1.165, 1.54) is 0 Å². The van der Waals surface area contributed by atoms with Crippen molar-refractivity contribution in [1.29, 1.82) is 0 Å². The lowest BCUT2D eigenvalue weighted by Crippen LogP contribution is -2.38. The van der Waals surface area contributed by atoms with E-state index in [0.717, 1.165) is 32.4 Å². The van der Waals surface area contributed by atoms with Gasteiger partial charge in [-0.3, -0.25) is 4.79 Å². The highest BCUT2D eigenvalue weighted by Crippen LogP contribution is 2.23. The van der Waals surface area contributed by atoms with Gasteiger partial charge in [0, 0.05) is 13.1 Å². The Morgan fingerprint density at radius 1 is 1.47 bits per heavy atom. The number of amides is 1. The van der Waals surface area contributed by atoms with E-state index in [1.807, 2.05) is 11.8 Å². The second-order valence-electron chi connectivity index (χ2n) is 4.69. The predicted molar refractivity (Wildman–Crippen MR) is 57.3 cm³/mol. The van der Waals surface area contributed by atoms with Gasteiger partial charge in [-0.05, 0) is 38.6 Å². The fourth-order valence-corrected chi connectivity index (χ4v) is 2.41. The molecule has 0 aromatic carbocycles. The standard InChI is InChI=1S/C11H20N2O2/c1-8-2-3-10(15-8)11(14)13-5-4-9(6-12)7-13/h8-10H,2-7,12H2,1H3. The first kappa shape index (κ1) is 10.9. The van der Waals surface area contributed by atoms with Gasteiger partial charge in [0.15, 0.2) is 0 Å². The van der Waals surface area contributed by atoms with Gasteiger partial charge in [-0.15, -0.1) is 0 Å². The monoisotopic (exact) mass is 212 g/mol. The number of carbonyl (C=O) groups is 1. The summed E-state index contributed by atoms with van der Waals surface area (Å²) in [6.45, 7) is 4.39. The Hall–Kier alpha value is -0.610. The van der Waals surface area contributed by atoms with Crippen molar-refractivity contribution in [1.82, 2.24) is 4.90 Å². The number of ether oxygens (including phenoxy) is 1. The van der Waals surface area contributed by atoms with Crippen molar-refractivity contribution in [3.8, 4) is 0 Å². The minimum Gasteiger partial charge on any atom is -0.365 e. The van der Waals surface area contributed by atoms with Crippen molar-refractivity contribution in [3.05, 3.63) is 0 Å². The lowest BCUT2D eigenvalue weighted by Gasteiger charge is -2.20. The third-order valence-corrected chi connectivity index (χ3v) is 3.44. The summed E-state index contributed by atoms with van der Waals surface area (Å²) in [5.41, 5.74) is 5.60. The van der Waals surface area contributed by atoms with Crippen LogP contribution in [0, 0.1) is 5.92 Å². The number of hydrogen-bond donors (Lipinski definition) is 1. The van der Waals surface area contributed by atoms with Crippen LogP contribution in [0.25, 0.3) is 0 Å². The highest BCUT2D eigenvalue weighted by atomic mass is 16.5. The molecule has 0 spiro atoms. The summed E-state index contributed by atoms with van der Waals surface area (Å²) in [4.78, 5) is 13.9. The number of hydrogen-bond acceptors (Lipinski definition) is 3. The van der Waals surface area contributed by atoms with E-state index in [0.29, 0.717) is 12.5 Å². The quantitative estimate of drug-likeness (QED) is 0.719. The van der Waals surface area contributed by atoms with E-state index in [2.05, 4.69) is 0 Å². The first-order valence-electron chi connectivity index (χ1n) is 5.85. The van der Waals surface area contributed by atoms with E-state index in [1.54, 1.807) is 0 Å². The SMILES string of the molecule is CC1CCC(C(=O)N2CCC(CN)C2)O1. The van der Waals surface area contributed by atoms with E-state index in [4.69, 9.17) is 10.5 Å². The van der Waals surface area contributed by atoms with Gasteiger partial charge in [0.1, 0.15) is 6.10 Å². The fraction of sp³-hybridized carbons (Fsp3) is 0.909. The molecule has 0 aromatic rings. The maximum absolute atomic E-state index is 12.0. The lowest BCUT2D eigenvalue weighted by atomic mass is 10.1. The number of rotatable bonds is 2. The fourth-order valence-electron chi connectivity index (χ4n) is 2.41. The average Bonchev–Trinajstić information content (AvgIpc) is 2.84. The highest BCUT2D eigenvalue weighted by Gasteiger charge is 2.34. The predicted octanol–water partition coefficient (Wildman–Crippen LogP) is 0.361. The zero-order valence-corrected chi connectivity index (χ0v) is 9.32. The molecule has 0 radical (unpaired) electrons. The van der Waals surface area contributed by atoms with E-state index in [-0.39, 0.29) is 18.1 Å². The molecule has 2 fully saturated rings. The normalized spacial score (nSPS) is 36.1. The number of nitrogens with zero attached hydrogens (tertiary/aromatic N) is 1. The first-order valence-corrected chi connectivity index (χ1v) is 5.85. The van der Waals surface area contributed by atoms with Gasteiger partial charge in [-0.25, -0.2) is 0 Å². The van der Waals surface area contributed by atoms with Crippen molar-refractivity contribution < 1.29 is 9.53 Å². The molecule has 0 aliphatic carbocycles. The van der Waals surface area contributed by atoms with Crippen LogP contribution in [-0.4, -0.2) is 42.6 Å². The van der Waals surface area contributed by atoms with Gasteiger partial charge in [-0.1, -0.05) is 0 Å². The zero-order valence-electron chi connectivity index (χ0n) is 9.32. The van der Waals surface area contributed by atoms with Crippen molar-refractivity contribution in [2.45, 2.75) is 38.4 Å². The molecule has 3 atom stereocenters. The Labute approximate surface area is 90.8 Å². The molecule has 4 nitrogen and oxygen atoms in total. The first-order chi connectivity index (χ1) is 7.20. The molecular weight excluding hydrogens is 192 g/mol. The third kappa shape index (κ3) is 2.32. The maximum Gasteiger partial charge on any atom is 0.251 e. The van der Waals surface area contributed by atoms with E-state index < -0.39 is 0 Å². The molecule has 2 heterocycles. The topological polar surface area (TPSA) is 55.6 Å². The number of nitrogens with two attached hydrogens (primary N) is 1. The van der Waals surface area contributed by atoms with Gasteiger partial charge in [-0.2, -0.15) is 0 Å². The van der Waals surface area contributed by atoms with Crippen LogP contribution < -0.4 is 5.73 Å². The van der Waals surface area contributed by atoms with Crippen molar-refractivity contribution in [3.63, 3.8) is 0 Å². The van der Waals surface area contributed by atoms with E-state index in [9.17, 15) is 4.79 Å². The molecule has 2 saturated heterocycles. The van der Waals surface area contributed by atoms with Crippen molar-refractivity contribution >= 4 is 5.91 Å². The van der Waals surface area contributed by atoms with Crippen LogP contribution in [0.4, 0.5) is 0 Å². The minimum absolute atomic E-state index is 0.176. The molecule has 0 bridgehead atoms. The van der Waals surface area contributed by atoms with Crippen LogP contribution in [0.1, 0.15) is 26.2 Å². The second-order valence-corrected chi connectivity index (χ2v) is 4.69. The molecule has 15 heavy (non-hydrogen) atoms. The summed E-state index contributed by atoms with van der Waals surface area (Å²) in [6.07, 6.45) is 2.99. The molecule has 1 amide bonds. The van der Waals surface area contributed by atoms with Crippen molar-refractivity contribution in [2.75, 3.05) is 19.6 Å². The minimum atomic E-state index is -0.184. The molecule has 0 saturated carbocycles. The Morgan fingerprint density at radius 2 is 2.27 bits per heavy atom. The van der Waals surface area contributed by atoms with Crippen LogP contribution in [-0.2, 0) is 9.53 Å². The maximum atomic E-state index is 12.0. The summed E-state index contributed by atoms with van der Waals surface area (Å²) in [7, 11) is 0. The highest BCUT2D eigenvalue weighted by molar-refractivity contribution is 5.81. The Morgan fingerprint density at radius 3 is 2.80 bits per heavy atom. The third-order valence-electron chi connectivity index (χ3n) is 3.44. The van der Waals surface area contributed by atoms with Gasteiger partial charge in [0.05, 0.1) is 6.10 Å². The molecule has 2 rings (SSSR count). The average molecular weight is 212 g/mol. The molecule has 2 aliphatic rings. The molecule has 0 aromatic heterocycles. The van der Waals surface area contributed by atoms with Crippen LogP contribution in [0.3, 0.4) is 0 Å². The molecule has 86 valence electrons. The molecule has 2 aliphatic heterocycles. The largest absolute Gasteiger partial charge is 0.365 e. The molecule has 3 unspecified atom stereocenters.